The molecule has 0 radical (unpaired) electrons. The molecule has 2 aromatic heterocycles. The van der Waals surface area contributed by atoms with Crippen molar-refractivity contribution in [1.29, 1.82) is 0 Å². The molecular formula is C19H24N4O3S. The van der Waals surface area contributed by atoms with Crippen molar-refractivity contribution in [1.82, 2.24) is 14.3 Å². The van der Waals surface area contributed by atoms with Crippen molar-refractivity contribution in [2.45, 2.75) is 38.9 Å². The SMILES string of the molecule is CC(=O)Nc1cc(-c2cnc(C)c(CS(=O)(=O)N3CCCCC3)c2)ccn1. The highest BCUT2D eigenvalue weighted by Crippen LogP contribution is 2.25. The summed E-state index contributed by atoms with van der Waals surface area (Å²) in [6.45, 7) is 4.43. The minimum absolute atomic E-state index is 0.0523. The second-order valence-electron chi connectivity index (χ2n) is 6.80. The number of anilines is 1. The zero-order valence-electron chi connectivity index (χ0n) is 15.6. The van der Waals surface area contributed by atoms with E-state index in [-0.39, 0.29) is 11.7 Å². The summed E-state index contributed by atoms with van der Waals surface area (Å²) in [5.41, 5.74) is 3.00. The molecule has 0 saturated carbocycles. The summed E-state index contributed by atoms with van der Waals surface area (Å²) in [7, 11) is -3.36. The molecular weight excluding hydrogens is 364 g/mol. The largest absolute Gasteiger partial charge is 0.311 e. The van der Waals surface area contributed by atoms with Gasteiger partial charge >= 0.3 is 0 Å². The number of piperidine rings is 1. The van der Waals surface area contributed by atoms with Crippen LogP contribution in [0.5, 0.6) is 0 Å². The van der Waals surface area contributed by atoms with Crippen LogP contribution in [-0.4, -0.2) is 41.7 Å². The predicted octanol–water partition coefficient (Wildman–Crippen LogP) is 2.73. The van der Waals surface area contributed by atoms with Gasteiger partial charge in [-0.05, 0) is 49.1 Å². The average Bonchev–Trinajstić information content (AvgIpc) is 2.64. The number of sulfonamides is 1. The van der Waals surface area contributed by atoms with E-state index < -0.39 is 10.0 Å². The van der Waals surface area contributed by atoms with Gasteiger partial charge in [0.2, 0.25) is 15.9 Å². The smallest absolute Gasteiger partial charge is 0.222 e. The van der Waals surface area contributed by atoms with E-state index >= 15 is 0 Å². The predicted molar refractivity (Wildman–Crippen MR) is 105 cm³/mol. The van der Waals surface area contributed by atoms with Crippen molar-refractivity contribution in [2.75, 3.05) is 18.4 Å². The van der Waals surface area contributed by atoms with Crippen LogP contribution in [0, 0.1) is 6.92 Å². The first kappa shape index (κ1) is 19.4. The van der Waals surface area contributed by atoms with Crippen molar-refractivity contribution in [3.8, 4) is 11.1 Å². The maximum atomic E-state index is 12.8. The second kappa shape index (κ2) is 8.14. The topological polar surface area (TPSA) is 92.3 Å². The molecule has 0 bridgehead atoms. The number of nitrogens with one attached hydrogen (secondary N) is 1. The lowest BCUT2D eigenvalue weighted by atomic mass is 10.1. The number of carbonyl (C=O) groups excluding carboxylic acids is 1. The Hall–Kier alpha value is -2.32. The Kier molecular flexibility index (Phi) is 5.86. The maximum absolute atomic E-state index is 12.8. The Morgan fingerprint density at radius 2 is 1.89 bits per heavy atom. The number of aromatic nitrogens is 2. The number of carbonyl (C=O) groups is 1. The summed E-state index contributed by atoms with van der Waals surface area (Å²) >= 11 is 0. The van der Waals surface area contributed by atoms with Gasteiger partial charge in [-0.3, -0.25) is 9.78 Å². The van der Waals surface area contributed by atoms with Gasteiger partial charge in [-0.25, -0.2) is 17.7 Å². The molecule has 1 aliphatic heterocycles. The van der Waals surface area contributed by atoms with Gasteiger partial charge in [0.1, 0.15) is 5.82 Å². The third-order valence-corrected chi connectivity index (χ3v) is 6.46. The monoisotopic (exact) mass is 388 g/mol. The Labute approximate surface area is 159 Å². The lowest BCUT2D eigenvalue weighted by Gasteiger charge is -2.26. The quantitative estimate of drug-likeness (QED) is 0.850. The van der Waals surface area contributed by atoms with Gasteiger partial charge in [0.15, 0.2) is 0 Å². The van der Waals surface area contributed by atoms with E-state index in [0.717, 1.165) is 30.4 Å². The first-order valence-corrected chi connectivity index (χ1v) is 10.6. The van der Waals surface area contributed by atoms with Crippen LogP contribution in [0.1, 0.15) is 37.4 Å². The van der Waals surface area contributed by atoms with E-state index in [4.69, 9.17) is 0 Å². The van der Waals surface area contributed by atoms with E-state index in [1.54, 1.807) is 28.8 Å². The second-order valence-corrected chi connectivity index (χ2v) is 8.76. The van der Waals surface area contributed by atoms with Crippen LogP contribution in [0.2, 0.25) is 0 Å². The van der Waals surface area contributed by atoms with Crippen molar-refractivity contribution in [3.05, 3.63) is 41.9 Å². The highest BCUT2D eigenvalue weighted by Gasteiger charge is 2.25. The number of hydrogen-bond donors (Lipinski definition) is 1. The highest BCUT2D eigenvalue weighted by atomic mass is 32.2. The van der Waals surface area contributed by atoms with Crippen LogP contribution in [-0.2, 0) is 20.6 Å². The molecule has 0 spiro atoms. The third kappa shape index (κ3) is 4.90. The molecule has 3 heterocycles. The number of rotatable bonds is 5. The van der Waals surface area contributed by atoms with Gasteiger partial charge in [-0.15, -0.1) is 0 Å². The lowest BCUT2D eigenvalue weighted by Crippen LogP contribution is -2.36. The molecule has 1 aliphatic rings. The van der Waals surface area contributed by atoms with Crippen LogP contribution in [0.25, 0.3) is 11.1 Å². The normalized spacial score (nSPS) is 15.5. The summed E-state index contributed by atoms with van der Waals surface area (Å²) < 4.78 is 27.1. The first-order valence-electron chi connectivity index (χ1n) is 9.02. The Bertz CT molecular complexity index is 938. The third-order valence-electron chi connectivity index (χ3n) is 4.64. The van der Waals surface area contributed by atoms with Gasteiger partial charge in [0.05, 0.1) is 5.75 Å². The zero-order valence-corrected chi connectivity index (χ0v) is 16.4. The zero-order chi connectivity index (χ0) is 19.4. The fraction of sp³-hybridized carbons (Fsp3) is 0.421. The molecule has 1 amide bonds. The standard InChI is InChI=1S/C19H24N4O3S/c1-14-18(13-27(25,26)23-8-4-3-5-9-23)10-17(12-21-14)16-6-7-20-19(11-16)22-15(2)24/h6-7,10-12H,3-5,8-9,13H2,1-2H3,(H,20,22,24). The highest BCUT2D eigenvalue weighted by molar-refractivity contribution is 7.88. The van der Waals surface area contributed by atoms with Crippen LogP contribution in [0.3, 0.4) is 0 Å². The van der Waals surface area contributed by atoms with Crippen molar-refractivity contribution < 1.29 is 13.2 Å². The summed E-state index contributed by atoms with van der Waals surface area (Å²) in [5, 5.41) is 2.65. The lowest BCUT2D eigenvalue weighted by molar-refractivity contribution is -0.114. The maximum Gasteiger partial charge on any atom is 0.222 e. The Balaban J connectivity index is 1.87. The molecule has 2 aromatic rings. The molecule has 0 unspecified atom stereocenters. The summed E-state index contributed by atoms with van der Waals surface area (Å²) in [6.07, 6.45) is 6.23. The number of amides is 1. The minimum Gasteiger partial charge on any atom is -0.311 e. The average molecular weight is 388 g/mol. The fourth-order valence-corrected chi connectivity index (χ4v) is 4.85. The molecule has 1 N–H and O–H groups in total. The van der Waals surface area contributed by atoms with E-state index in [0.29, 0.717) is 30.2 Å². The van der Waals surface area contributed by atoms with Crippen molar-refractivity contribution >= 4 is 21.7 Å². The van der Waals surface area contributed by atoms with E-state index in [1.807, 2.05) is 13.0 Å². The molecule has 0 aliphatic carbocycles. The molecule has 144 valence electrons. The van der Waals surface area contributed by atoms with Crippen molar-refractivity contribution in [2.24, 2.45) is 0 Å². The number of hydrogen-bond acceptors (Lipinski definition) is 5. The van der Waals surface area contributed by atoms with E-state index in [2.05, 4.69) is 15.3 Å². The van der Waals surface area contributed by atoms with Gasteiger partial charge in [-0.1, -0.05) is 6.42 Å². The fourth-order valence-electron chi connectivity index (χ4n) is 3.17. The number of nitrogens with zero attached hydrogens (tertiary/aromatic N) is 3. The number of aryl methyl sites for hydroxylation is 1. The molecule has 1 fully saturated rings. The van der Waals surface area contributed by atoms with Gasteiger partial charge in [0.25, 0.3) is 0 Å². The molecule has 7 nitrogen and oxygen atoms in total. The van der Waals surface area contributed by atoms with Gasteiger partial charge in [-0.2, -0.15) is 0 Å². The Morgan fingerprint density at radius 1 is 1.15 bits per heavy atom. The molecule has 0 atom stereocenters. The van der Waals surface area contributed by atoms with E-state index in [9.17, 15) is 13.2 Å². The van der Waals surface area contributed by atoms with Crippen LogP contribution in [0.4, 0.5) is 5.82 Å². The molecule has 1 saturated heterocycles. The molecule has 8 heteroatoms. The molecule has 3 rings (SSSR count). The minimum atomic E-state index is -3.36. The van der Waals surface area contributed by atoms with Crippen LogP contribution in [0.15, 0.2) is 30.6 Å². The molecule has 0 aromatic carbocycles. The first-order chi connectivity index (χ1) is 12.8. The number of pyridine rings is 2. The Morgan fingerprint density at radius 3 is 2.59 bits per heavy atom. The van der Waals surface area contributed by atoms with Crippen LogP contribution >= 0.6 is 0 Å². The van der Waals surface area contributed by atoms with Crippen LogP contribution < -0.4 is 5.32 Å². The summed E-state index contributed by atoms with van der Waals surface area (Å²) in [5.74, 6) is 0.196. The van der Waals surface area contributed by atoms with Crippen molar-refractivity contribution in [3.63, 3.8) is 0 Å². The molecule has 27 heavy (non-hydrogen) atoms. The summed E-state index contributed by atoms with van der Waals surface area (Å²) in [6, 6.07) is 5.41. The van der Waals surface area contributed by atoms with Gasteiger partial charge < -0.3 is 5.32 Å². The van der Waals surface area contributed by atoms with Gasteiger partial charge in [0, 0.05) is 43.7 Å². The van der Waals surface area contributed by atoms with E-state index in [1.165, 1.54) is 6.92 Å². The summed E-state index contributed by atoms with van der Waals surface area (Å²) in [4.78, 5) is 19.7.